The molecule has 18 heavy (non-hydrogen) atoms. The van der Waals surface area contributed by atoms with Crippen LogP contribution in [0.3, 0.4) is 0 Å². The molecule has 2 fully saturated rings. The first-order valence-corrected chi connectivity index (χ1v) is 7.65. The maximum atomic E-state index is 3.98. The zero-order chi connectivity index (χ0) is 13.6. The third-order valence-electron chi connectivity index (χ3n) is 4.88. The molecule has 0 aromatic rings. The van der Waals surface area contributed by atoms with Gasteiger partial charge in [0.15, 0.2) is 0 Å². The monoisotopic (exact) mass is 252 g/mol. The second-order valence-corrected chi connectivity index (χ2v) is 8.60. The summed E-state index contributed by atoms with van der Waals surface area (Å²) in [4.78, 5) is 0. The van der Waals surface area contributed by atoms with E-state index in [-0.39, 0.29) is 11.1 Å². The number of piperidine rings is 1. The molecule has 1 atom stereocenters. The quantitative estimate of drug-likeness (QED) is 0.786. The van der Waals surface area contributed by atoms with Crippen molar-refractivity contribution < 1.29 is 0 Å². The number of rotatable bonds is 2. The minimum Gasteiger partial charge on any atom is -0.311 e. The van der Waals surface area contributed by atoms with Crippen LogP contribution in [0.15, 0.2) is 0 Å². The van der Waals surface area contributed by atoms with Crippen molar-refractivity contribution >= 4 is 0 Å². The van der Waals surface area contributed by atoms with Gasteiger partial charge in [0.05, 0.1) is 0 Å². The molecular formula is C16H32N2. The summed E-state index contributed by atoms with van der Waals surface area (Å²) in [7, 11) is 0. The maximum absolute atomic E-state index is 3.98. The van der Waals surface area contributed by atoms with E-state index in [1.54, 1.807) is 0 Å². The Morgan fingerprint density at radius 1 is 0.944 bits per heavy atom. The fourth-order valence-corrected chi connectivity index (χ4v) is 4.36. The minimum absolute atomic E-state index is 0.252. The van der Waals surface area contributed by atoms with Gasteiger partial charge in [-0.3, -0.25) is 0 Å². The molecule has 0 aromatic heterocycles. The zero-order valence-electron chi connectivity index (χ0n) is 13.2. The summed E-state index contributed by atoms with van der Waals surface area (Å²) >= 11 is 0. The first kappa shape index (κ1) is 14.3. The van der Waals surface area contributed by atoms with Crippen molar-refractivity contribution in [2.24, 2.45) is 5.41 Å². The molecule has 2 nitrogen and oxygen atoms in total. The fourth-order valence-electron chi connectivity index (χ4n) is 4.36. The van der Waals surface area contributed by atoms with Crippen LogP contribution in [0.25, 0.3) is 0 Å². The van der Waals surface area contributed by atoms with Gasteiger partial charge < -0.3 is 10.6 Å². The van der Waals surface area contributed by atoms with Crippen LogP contribution in [0.5, 0.6) is 0 Å². The molecule has 1 saturated heterocycles. The molecule has 1 heterocycles. The third kappa shape index (κ3) is 3.27. The van der Waals surface area contributed by atoms with E-state index in [0.29, 0.717) is 17.5 Å². The van der Waals surface area contributed by atoms with Gasteiger partial charge in [-0.2, -0.15) is 0 Å². The zero-order valence-corrected chi connectivity index (χ0v) is 13.2. The van der Waals surface area contributed by atoms with Crippen LogP contribution in [-0.2, 0) is 0 Å². The normalized spacial score (nSPS) is 34.7. The van der Waals surface area contributed by atoms with E-state index in [1.807, 2.05) is 0 Å². The SMILES string of the molecule is CC1(C)CC(NC2CCCC2(C)C)CC(C)(C)N1. The lowest BCUT2D eigenvalue weighted by atomic mass is 9.78. The van der Waals surface area contributed by atoms with Gasteiger partial charge in [0.1, 0.15) is 0 Å². The molecule has 0 amide bonds. The molecule has 0 bridgehead atoms. The molecule has 2 N–H and O–H groups in total. The topological polar surface area (TPSA) is 24.1 Å². The average Bonchev–Trinajstić information content (AvgIpc) is 2.39. The Hall–Kier alpha value is -0.0800. The van der Waals surface area contributed by atoms with Gasteiger partial charge in [-0.15, -0.1) is 0 Å². The van der Waals surface area contributed by atoms with Crippen molar-refractivity contribution in [1.29, 1.82) is 0 Å². The lowest BCUT2D eigenvalue weighted by Crippen LogP contribution is -2.63. The smallest absolute Gasteiger partial charge is 0.0144 e. The highest BCUT2D eigenvalue weighted by atomic mass is 15.1. The van der Waals surface area contributed by atoms with E-state index in [2.05, 4.69) is 52.2 Å². The van der Waals surface area contributed by atoms with Gasteiger partial charge >= 0.3 is 0 Å². The van der Waals surface area contributed by atoms with Crippen LogP contribution >= 0.6 is 0 Å². The van der Waals surface area contributed by atoms with Gasteiger partial charge in [-0.1, -0.05) is 20.3 Å². The molecule has 1 aliphatic heterocycles. The summed E-state index contributed by atoms with van der Waals surface area (Å²) in [5.74, 6) is 0. The number of nitrogens with one attached hydrogen (secondary N) is 2. The molecule has 0 radical (unpaired) electrons. The van der Waals surface area contributed by atoms with Gasteiger partial charge in [-0.25, -0.2) is 0 Å². The molecule has 2 rings (SSSR count). The summed E-state index contributed by atoms with van der Waals surface area (Å²) in [5, 5.41) is 7.75. The highest BCUT2D eigenvalue weighted by Gasteiger charge is 2.41. The molecule has 0 spiro atoms. The molecule has 1 saturated carbocycles. The number of hydrogen-bond acceptors (Lipinski definition) is 2. The number of hydrogen-bond donors (Lipinski definition) is 2. The van der Waals surface area contributed by atoms with E-state index in [1.165, 1.54) is 32.1 Å². The Bertz CT molecular complexity index is 288. The first-order valence-electron chi connectivity index (χ1n) is 7.65. The second kappa shape index (κ2) is 4.49. The summed E-state index contributed by atoms with van der Waals surface area (Å²) < 4.78 is 0. The Morgan fingerprint density at radius 3 is 1.94 bits per heavy atom. The van der Waals surface area contributed by atoms with Crippen molar-refractivity contribution in [2.75, 3.05) is 0 Å². The Morgan fingerprint density at radius 2 is 1.50 bits per heavy atom. The standard InChI is InChI=1S/C16H32N2/c1-14(2)9-7-8-13(14)17-12-10-15(3,4)18-16(5,6)11-12/h12-13,17-18H,7-11H2,1-6H3. The maximum Gasteiger partial charge on any atom is 0.0144 e. The van der Waals surface area contributed by atoms with Crippen LogP contribution in [-0.4, -0.2) is 23.2 Å². The molecule has 2 aliphatic rings. The molecular weight excluding hydrogens is 220 g/mol. The first-order chi connectivity index (χ1) is 8.10. The summed E-state index contributed by atoms with van der Waals surface area (Å²) in [5.41, 5.74) is 0.990. The van der Waals surface area contributed by atoms with Crippen molar-refractivity contribution in [3.63, 3.8) is 0 Å². The van der Waals surface area contributed by atoms with Gasteiger partial charge in [0, 0.05) is 23.2 Å². The molecule has 1 aliphatic carbocycles. The molecule has 1 unspecified atom stereocenters. The van der Waals surface area contributed by atoms with Crippen molar-refractivity contribution in [3.05, 3.63) is 0 Å². The Kier molecular flexibility index (Phi) is 3.57. The van der Waals surface area contributed by atoms with Crippen LogP contribution in [0.1, 0.15) is 73.6 Å². The summed E-state index contributed by atoms with van der Waals surface area (Å²) in [6.07, 6.45) is 6.61. The van der Waals surface area contributed by atoms with Gasteiger partial charge in [-0.05, 0) is 58.8 Å². The Labute approximate surface area is 113 Å². The van der Waals surface area contributed by atoms with Crippen LogP contribution < -0.4 is 10.6 Å². The van der Waals surface area contributed by atoms with Crippen LogP contribution in [0, 0.1) is 5.41 Å². The molecule has 106 valence electrons. The largest absolute Gasteiger partial charge is 0.311 e. The average molecular weight is 252 g/mol. The predicted octanol–water partition coefficient (Wildman–Crippen LogP) is 3.46. The summed E-state index contributed by atoms with van der Waals surface area (Å²) in [6.45, 7) is 14.2. The molecule has 2 heteroatoms. The van der Waals surface area contributed by atoms with E-state index >= 15 is 0 Å². The fraction of sp³-hybridized carbons (Fsp3) is 1.00. The van der Waals surface area contributed by atoms with E-state index < -0.39 is 0 Å². The van der Waals surface area contributed by atoms with E-state index in [0.717, 1.165) is 0 Å². The van der Waals surface area contributed by atoms with Crippen molar-refractivity contribution in [3.8, 4) is 0 Å². The lowest BCUT2D eigenvalue weighted by Gasteiger charge is -2.48. The van der Waals surface area contributed by atoms with E-state index in [4.69, 9.17) is 0 Å². The predicted molar refractivity (Wildman–Crippen MR) is 78.9 cm³/mol. The van der Waals surface area contributed by atoms with Gasteiger partial charge in [0.2, 0.25) is 0 Å². The van der Waals surface area contributed by atoms with Crippen molar-refractivity contribution in [1.82, 2.24) is 10.6 Å². The minimum atomic E-state index is 0.252. The Balaban J connectivity index is 2.01. The third-order valence-corrected chi connectivity index (χ3v) is 4.88. The van der Waals surface area contributed by atoms with Crippen molar-refractivity contribution in [2.45, 2.75) is 96.8 Å². The highest BCUT2D eigenvalue weighted by molar-refractivity contribution is 5.02. The lowest BCUT2D eigenvalue weighted by molar-refractivity contribution is 0.126. The second-order valence-electron chi connectivity index (χ2n) is 8.60. The van der Waals surface area contributed by atoms with Gasteiger partial charge in [0.25, 0.3) is 0 Å². The van der Waals surface area contributed by atoms with Crippen LogP contribution in [0.2, 0.25) is 0 Å². The van der Waals surface area contributed by atoms with Crippen LogP contribution in [0.4, 0.5) is 0 Å². The molecule has 0 aromatic carbocycles. The van der Waals surface area contributed by atoms with E-state index in [9.17, 15) is 0 Å². The highest BCUT2D eigenvalue weighted by Crippen LogP contribution is 2.39. The summed E-state index contributed by atoms with van der Waals surface area (Å²) in [6, 6.07) is 1.38.